The third-order valence-electron chi connectivity index (χ3n) is 5.88. The van der Waals surface area contributed by atoms with E-state index in [0.29, 0.717) is 13.0 Å². The number of hydrogen-bond donors (Lipinski definition) is 2. The number of aryl methyl sites for hydroxylation is 1. The molecule has 0 saturated heterocycles. The van der Waals surface area contributed by atoms with Gasteiger partial charge in [-0.2, -0.15) is 0 Å². The SMILES string of the molecule is CCO[C@H](Cc1ccc(CC[C@@H](C(=S)NCCc2ccccc2)c2ccccc2)cc1)C(=O)O. The van der Waals surface area contributed by atoms with E-state index >= 15 is 0 Å². The van der Waals surface area contributed by atoms with Gasteiger partial charge in [0.25, 0.3) is 0 Å². The summed E-state index contributed by atoms with van der Waals surface area (Å²) in [5.74, 6) is -0.786. The molecule has 0 saturated carbocycles. The van der Waals surface area contributed by atoms with E-state index in [1.54, 1.807) is 0 Å². The number of hydrogen-bond acceptors (Lipinski definition) is 3. The summed E-state index contributed by atoms with van der Waals surface area (Å²) in [6, 6.07) is 29.0. The molecule has 4 nitrogen and oxygen atoms in total. The molecule has 0 heterocycles. The van der Waals surface area contributed by atoms with Crippen molar-refractivity contribution in [3.05, 3.63) is 107 Å². The van der Waals surface area contributed by atoms with Gasteiger partial charge < -0.3 is 15.2 Å². The molecule has 0 bridgehead atoms. The van der Waals surface area contributed by atoms with Crippen LogP contribution in [0.3, 0.4) is 0 Å². The zero-order valence-electron chi connectivity index (χ0n) is 19.7. The topological polar surface area (TPSA) is 58.6 Å². The van der Waals surface area contributed by atoms with Gasteiger partial charge in [0.05, 0.1) is 4.99 Å². The quantitative estimate of drug-likeness (QED) is 0.315. The normalized spacial score (nSPS) is 12.6. The number of ether oxygens (including phenoxy) is 1. The summed E-state index contributed by atoms with van der Waals surface area (Å²) >= 11 is 5.83. The van der Waals surface area contributed by atoms with Crippen molar-refractivity contribution in [2.75, 3.05) is 13.2 Å². The van der Waals surface area contributed by atoms with Crippen LogP contribution in [0.25, 0.3) is 0 Å². The molecular weight excluding hydrogens is 442 g/mol. The first-order valence-corrected chi connectivity index (χ1v) is 12.3. The fourth-order valence-corrected chi connectivity index (χ4v) is 4.37. The Labute approximate surface area is 208 Å². The van der Waals surface area contributed by atoms with Crippen molar-refractivity contribution in [3.8, 4) is 0 Å². The van der Waals surface area contributed by atoms with Crippen LogP contribution in [0.1, 0.15) is 41.5 Å². The van der Waals surface area contributed by atoms with Crippen LogP contribution in [0.15, 0.2) is 84.9 Å². The first kappa shape index (κ1) is 25.6. The summed E-state index contributed by atoms with van der Waals surface area (Å²) < 4.78 is 5.33. The van der Waals surface area contributed by atoms with E-state index in [1.165, 1.54) is 16.7 Å². The number of carboxylic acids is 1. The Balaban J connectivity index is 1.59. The zero-order valence-corrected chi connectivity index (χ0v) is 20.5. The van der Waals surface area contributed by atoms with Crippen LogP contribution < -0.4 is 5.32 Å². The maximum atomic E-state index is 11.3. The molecule has 0 aliphatic heterocycles. The Hall–Kier alpha value is -3.02. The summed E-state index contributed by atoms with van der Waals surface area (Å²) in [4.78, 5) is 12.2. The minimum atomic E-state index is -0.926. The lowest BCUT2D eigenvalue weighted by Crippen LogP contribution is -2.29. The van der Waals surface area contributed by atoms with Crippen LogP contribution in [-0.2, 0) is 28.8 Å². The summed E-state index contributed by atoms with van der Waals surface area (Å²) in [6.07, 6.45) is 2.28. The number of carbonyl (C=O) groups is 1. The summed E-state index contributed by atoms with van der Waals surface area (Å²) in [5.41, 5.74) is 4.68. The van der Waals surface area contributed by atoms with E-state index in [9.17, 15) is 9.90 Å². The Bertz CT molecular complexity index is 1020. The molecule has 0 radical (unpaired) electrons. The van der Waals surface area contributed by atoms with Gasteiger partial charge in [-0.15, -0.1) is 0 Å². The standard InChI is InChI=1S/C29H33NO3S/c1-2-33-27(29(31)32)21-24-15-13-23(14-16-24)17-18-26(25-11-7-4-8-12-25)28(34)30-20-19-22-9-5-3-6-10-22/h3-16,26-27H,2,17-21H2,1H3,(H,30,34)(H,31,32)/t26-,27-/m1/s1. The maximum Gasteiger partial charge on any atom is 0.333 e. The predicted molar refractivity (Wildman–Crippen MR) is 141 cm³/mol. The number of rotatable bonds is 13. The lowest BCUT2D eigenvalue weighted by molar-refractivity contribution is -0.149. The van der Waals surface area contributed by atoms with Crippen molar-refractivity contribution in [2.24, 2.45) is 0 Å². The second-order valence-electron chi connectivity index (χ2n) is 8.33. The van der Waals surface area contributed by atoms with Gasteiger partial charge in [0.1, 0.15) is 0 Å². The fourth-order valence-electron chi connectivity index (χ4n) is 4.02. The van der Waals surface area contributed by atoms with Gasteiger partial charge in [-0.25, -0.2) is 4.79 Å². The first-order chi connectivity index (χ1) is 16.6. The van der Waals surface area contributed by atoms with Crippen LogP contribution in [0, 0.1) is 0 Å². The highest BCUT2D eigenvalue weighted by atomic mass is 32.1. The fraction of sp³-hybridized carbons (Fsp3) is 0.310. The molecule has 0 aliphatic carbocycles. The molecule has 0 fully saturated rings. The Morgan fingerprint density at radius 1 is 0.882 bits per heavy atom. The van der Waals surface area contributed by atoms with E-state index < -0.39 is 12.1 Å². The summed E-state index contributed by atoms with van der Waals surface area (Å²) in [6.45, 7) is 3.00. The third kappa shape index (κ3) is 8.08. The highest BCUT2D eigenvalue weighted by molar-refractivity contribution is 7.80. The number of carboxylic acid groups (broad SMARTS) is 1. The lowest BCUT2D eigenvalue weighted by atomic mass is 9.91. The molecule has 0 spiro atoms. The Morgan fingerprint density at radius 2 is 1.47 bits per heavy atom. The molecule has 2 atom stereocenters. The average Bonchev–Trinajstić information content (AvgIpc) is 2.86. The molecule has 34 heavy (non-hydrogen) atoms. The molecule has 0 amide bonds. The van der Waals surface area contributed by atoms with Gasteiger partial charge in [-0.1, -0.05) is 97.1 Å². The van der Waals surface area contributed by atoms with E-state index in [4.69, 9.17) is 17.0 Å². The Kier molecular flexibility index (Phi) is 10.3. The lowest BCUT2D eigenvalue weighted by Gasteiger charge is -2.20. The minimum Gasteiger partial charge on any atom is -0.479 e. The monoisotopic (exact) mass is 475 g/mol. The molecule has 178 valence electrons. The van der Waals surface area contributed by atoms with Gasteiger partial charge in [0.2, 0.25) is 0 Å². The number of aliphatic carboxylic acids is 1. The highest BCUT2D eigenvalue weighted by Gasteiger charge is 2.19. The number of benzene rings is 3. The molecular formula is C29H33NO3S. The second-order valence-corrected chi connectivity index (χ2v) is 8.77. The Morgan fingerprint density at radius 3 is 2.09 bits per heavy atom. The van der Waals surface area contributed by atoms with Crippen molar-refractivity contribution in [2.45, 2.75) is 44.6 Å². The molecule has 0 unspecified atom stereocenters. The van der Waals surface area contributed by atoms with E-state index in [1.807, 2.05) is 31.2 Å². The number of nitrogens with one attached hydrogen (secondary N) is 1. The molecule has 0 aromatic heterocycles. The minimum absolute atomic E-state index is 0.140. The average molecular weight is 476 g/mol. The van der Waals surface area contributed by atoms with Crippen LogP contribution in [0.5, 0.6) is 0 Å². The van der Waals surface area contributed by atoms with Gasteiger partial charge in [-0.05, 0) is 48.4 Å². The smallest absolute Gasteiger partial charge is 0.333 e. The zero-order chi connectivity index (χ0) is 24.2. The van der Waals surface area contributed by atoms with E-state index in [-0.39, 0.29) is 5.92 Å². The molecule has 5 heteroatoms. The third-order valence-corrected chi connectivity index (χ3v) is 6.31. The van der Waals surface area contributed by atoms with E-state index in [2.05, 4.69) is 66.0 Å². The van der Waals surface area contributed by atoms with Gasteiger partial charge in [0, 0.05) is 25.5 Å². The number of thiocarbonyl (C=S) groups is 1. The molecule has 3 aromatic rings. The van der Waals surface area contributed by atoms with Crippen LogP contribution in [0.2, 0.25) is 0 Å². The van der Waals surface area contributed by atoms with Crippen molar-refractivity contribution >= 4 is 23.2 Å². The van der Waals surface area contributed by atoms with Gasteiger partial charge >= 0.3 is 5.97 Å². The van der Waals surface area contributed by atoms with Crippen molar-refractivity contribution in [1.82, 2.24) is 5.32 Å². The van der Waals surface area contributed by atoms with Crippen molar-refractivity contribution in [3.63, 3.8) is 0 Å². The van der Waals surface area contributed by atoms with E-state index in [0.717, 1.165) is 36.4 Å². The van der Waals surface area contributed by atoms with Crippen LogP contribution >= 0.6 is 12.2 Å². The second kappa shape index (κ2) is 13.6. The maximum absolute atomic E-state index is 11.3. The molecule has 3 rings (SSSR count). The summed E-state index contributed by atoms with van der Waals surface area (Å²) in [7, 11) is 0. The molecule has 3 aromatic carbocycles. The predicted octanol–water partition coefficient (Wildman–Crippen LogP) is 5.59. The van der Waals surface area contributed by atoms with Gasteiger partial charge in [-0.3, -0.25) is 0 Å². The summed E-state index contributed by atoms with van der Waals surface area (Å²) in [5, 5.41) is 12.8. The molecule has 2 N–H and O–H groups in total. The highest BCUT2D eigenvalue weighted by Crippen LogP contribution is 2.23. The largest absolute Gasteiger partial charge is 0.479 e. The molecule has 0 aliphatic rings. The van der Waals surface area contributed by atoms with Crippen LogP contribution in [-0.4, -0.2) is 35.3 Å². The van der Waals surface area contributed by atoms with Crippen LogP contribution in [0.4, 0.5) is 0 Å². The van der Waals surface area contributed by atoms with Crippen molar-refractivity contribution in [1.29, 1.82) is 0 Å². The van der Waals surface area contributed by atoms with Gasteiger partial charge in [0.15, 0.2) is 6.10 Å². The first-order valence-electron chi connectivity index (χ1n) is 11.9. The van der Waals surface area contributed by atoms with Crippen molar-refractivity contribution < 1.29 is 14.6 Å².